The van der Waals surface area contributed by atoms with E-state index in [1.807, 2.05) is 0 Å². The fraction of sp³-hybridized carbons (Fsp3) is 0.840. The van der Waals surface area contributed by atoms with Crippen LogP contribution >= 0.6 is 7.82 Å². The summed E-state index contributed by atoms with van der Waals surface area (Å²) in [6, 6.07) is 0. The van der Waals surface area contributed by atoms with Gasteiger partial charge in [0.25, 0.3) is 0 Å². The Morgan fingerprint density at radius 1 is 0.492 bits per heavy atom. The maximum atomic E-state index is 12.7. The molecule has 0 bridgehead atoms. The van der Waals surface area contributed by atoms with E-state index in [1.54, 1.807) is 0 Å². The Hall–Kier alpha value is -1.81. The summed E-state index contributed by atoms with van der Waals surface area (Å²) < 4.78 is 32.8. The summed E-state index contributed by atoms with van der Waals surface area (Å²) in [6.07, 6.45) is 49.7. The van der Waals surface area contributed by atoms with Crippen molar-refractivity contribution >= 4 is 19.8 Å². The molecule has 11 heteroatoms. The van der Waals surface area contributed by atoms with Crippen LogP contribution in [0.4, 0.5) is 0 Å². The second-order valence-corrected chi connectivity index (χ2v) is 18.3. The molecule has 0 radical (unpaired) electrons. The summed E-state index contributed by atoms with van der Waals surface area (Å²) in [5, 5.41) is 18.4. The molecule has 61 heavy (non-hydrogen) atoms. The second kappa shape index (κ2) is 46.2. The SMILES string of the molecule is CCCCCCC/C=C\C/C=C\CCCCCCCCCCCCCC(=O)OC(COC(=O)CCCCCCC/C=C\CCCCCCCC)COP(=O)(O)OCC(O)CO. The minimum Gasteiger partial charge on any atom is -0.462 e. The molecule has 0 rings (SSSR count). The highest BCUT2D eigenvalue weighted by Gasteiger charge is 2.27. The molecule has 358 valence electrons. The number of phosphoric acid groups is 1. The van der Waals surface area contributed by atoms with Gasteiger partial charge in [-0.2, -0.15) is 0 Å². The Labute approximate surface area is 373 Å². The maximum absolute atomic E-state index is 12.7. The molecule has 3 unspecified atom stereocenters. The van der Waals surface area contributed by atoms with Gasteiger partial charge in [0.15, 0.2) is 6.10 Å². The monoisotopic (exact) mass is 885 g/mol. The molecule has 0 heterocycles. The number of carbonyl (C=O) groups excluding carboxylic acids is 2. The van der Waals surface area contributed by atoms with Gasteiger partial charge in [-0.3, -0.25) is 18.6 Å². The van der Waals surface area contributed by atoms with Crippen molar-refractivity contribution in [1.82, 2.24) is 0 Å². The van der Waals surface area contributed by atoms with Crippen LogP contribution in [0.2, 0.25) is 0 Å². The summed E-state index contributed by atoms with van der Waals surface area (Å²) in [7, 11) is -4.62. The van der Waals surface area contributed by atoms with Crippen LogP contribution in [0.5, 0.6) is 0 Å². The number of allylic oxidation sites excluding steroid dienone is 6. The maximum Gasteiger partial charge on any atom is 0.472 e. The van der Waals surface area contributed by atoms with Crippen LogP contribution in [0.3, 0.4) is 0 Å². The lowest BCUT2D eigenvalue weighted by Gasteiger charge is -2.20. The van der Waals surface area contributed by atoms with Gasteiger partial charge >= 0.3 is 19.8 Å². The average molecular weight is 885 g/mol. The third-order valence-corrected chi connectivity index (χ3v) is 11.7. The molecule has 0 saturated carbocycles. The third kappa shape index (κ3) is 46.0. The van der Waals surface area contributed by atoms with Crippen LogP contribution in [0.15, 0.2) is 36.5 Å². The van der Waals surface area contributed by atoms with E-state index in [9.17, 15) is 24.2 Å². The second-order valence-electron chi connectivity index (χ2n) is 16.8. The molecule has 0 fully saturated rings. The molecular formula is C50H93O10P. The van der Waals surface area contributed by atoms with E-state index in [0.717, 1.165) is 57.8 Å². The molecule has 3 atom stereocenters. The molecule has 0 aliphatic heterocycles. The zero-order valence-electron chi connectivity index (χ0n) is 39.1. The highest BCUT2D eigenvalue weighted by atomic mass is 31.2. The lowest BCUT2D eigenvalue weighted by molar-refractivity contribution is -0.161. The number of carbonyl (C=O) groups is 2. The van der Waals surface area contributed by atoms with Crippen LogP contribution in [0.25, 0.3) is 0 Å². The van der Waals surface area contributed by atoms with Crippen molar-refractivity contribution in [3.8, 4) is 0 Å². The van der Waals surface area contributed by atoms with E-state index < -0.39 is 51.8 Å². The van der Waals surface area contributed by atoms with Crippen molar-refractivity contribution < 1.29 is 47.8 Å². The summed E-state index contributed by atoms with van der Waals surface area (Å²) in [5.74, 6) is -0.930. The molecule has 0 saturated heterocycles. The lowest BCUT2D eigenvalue weighted by Crippen LogP contribution is -2.29. The van der Waals surface area contributed by atoms with Crippen LogP contribution < -0.4 is 0 Å². The fourth-order valence-corrected chi connectivity index (χ4v) is 7.69. The molecule has 3 N–H and O–H groups in total. The van der Waals surface area contributed by atoms with Crippen LogP contribution in [-0.4, -0.2) is 65.7 Å². The Morgan fingerprint density at radius 3 is 1.28 bits per heavy atom. The Morgan fingerprint density at radius 2 is 0.852 bits per heavy atom. The first kappa shape index (κ1) is 59.2. The number of esters is 2. The number of aliphatic hydroxyl groups is 2. The molecular weight excluding hydrogens is 792 g/mol. The molecule has 0 aliphatic rings. The predicted octanol–water partition coefficient (Wildman–Crippen LogP) is 13.9. The van der Waals surface area contributed by atoms with Crippen LogP contribution in [0, 0.1) is 0 Å². The third-order valence-electron chi connectivity index (χ3n) is 10.8. The van der Waals surface area contributed by atoms with E-state index in [4.69, 9.17) is 23.6 Å². The molecule has 0 amide bonds. The van der Waals surface area contributed by atoms with Crippen molar-refractivity contribution in [2.45, 2.75) is 244 Å². The van der Waals surface area contributed by atoms with Crippen molar-refractivity contribution in [3.05, 3.63) is 36.5 Å². The number of unbranched alkanes of at least 4 members (excludes halogenated alkanes) is 27. The Balaban J connectivity index is 4.18. The van der Waals surface area contributed by atoms with Gasteiger partial charge in [0.05, 0.1) is 19.8 Å². The number of aliphatic hydroxyl groups excluding tert-OH is 2. The summed E-state index contributed by atoms with van der Waals surface area (Å²) in [6.45, 7) is 2.38. The normalized spacial score (nSPS) is 14.0. The topological polar surface area (TPSA) is 149 Å². The number of hydrogen-bond donors (Lipinski definition) is 3. The standard InChI is InChI=1S/C50H93O10P/c1-3-5-7-9-11-13-15-17-19-20-21-22-23-24-25-26-28-30-32-34-36-38-40-42-50(54)60-48(46-59-61(55,56)58-44-47(52)43-51)45-57-49(53)41-39-37-35-33-31-29-27-18-16-14-12-10-8-6-4-2/h15,17-18,20-21,27,47-48,51-52H,3-14,16,19,22-26,28-46H2,1-2H3,(H,55,56)/b17-15-,21-20-,27-18-. The van der Waals surface area contributed by atoms with Gasteiger partial charge in [-0.25, -0.2) is 4.57 Å². The van der Waals surface area contributed by atoms with Gasteiger partial charge in [0, 0.05) is 12.8 Å². The lowest BCUT2D eigenvalue weighted by atomic mass is 10.0. The van der Waals surface area contributed by atoms with Gasteiger partial charge in [0.1, 0.15) is 12.7 Å². The zero-order valence-corrected chi connectivity index (χ0v) is 40.0. The molecule has 0 spiro atoms. The number of hydrogen-bond acceptors (Lipinski definition) is 9. The van der Waals surface area contributed by atoms with Gasteiger partial charge < -0.3 is 24.6 Å². The van der Waals surface area contributed by atoms with Crippen LogP contribution in [-0.2, 0) is 32.7 Å². The van der Waals surface area contributed by atoms with Crippen molar-refractivity contribution in [3.63, 3.8) is 0 Å². The van der Waals surface area contributed by atoms with Crippen molar-refractivity contribution in [2.75, 3.05) is 26.4 Å². The van der Waals surface area contributed by atoms with Crippen molar-refractivity contribution in [2.24, 2.45) is 0 Å². The largest absolute Gasteiger partial charge is 0.472 e. The smallest absolute Gasteiger partial charge is 0.462 e. The molecule has 0 aromatic heterocycles. The first-order valence-electron chi connectivity index (χ1n) is 24.9. The Kier molecular flexibility index (Phi) is 44.8. The minimum absolute atomic E-state index is 0.181. The summed E-state index contributed by atoms with van der Waals surface area (Å²) in [4.78, 5) is 35.1. The average Bonchev–Trinajstić information content (AvgIpc) is 3.25. The summed E-state index contributed by atoms with van der Waals surface area (Å²) >= 11 is 0. The quantitative estimate of drug-likeness (QED) is 0.0233. The van der Waals surface area contributed by atoms with Gasteiger partial charge in [-0.05, 0) is 70.6 Å². The number of ether oxygens (including phenoxy) is 2. The zero-order chi connectivity index (χ0) is 44.8. The molecule has 0 aliphatic carbocycles. The molecule has 0 aromatic carbocycles. The van der Waals surface area contributed by atoms with E-state index in [1.165, 1.54) is 135 Å². The number of phosphoric ester groups is 1. The first-order valence-corrected chi connectivity index (χ1v) is 26.4. The van der Waals surface area contributed by atoms with Gasteiger partial charge in [-0.1, -0.05) is 185 Å². The fourth-order valence-electron chi connectivity index (χ4n) is 6.90. The van der Waals surface area contributed by atoms with Crippen molar-refractivity contribution in [1.29, 1.82) is 0 Å². The molecule has 10 nitrogen and oxygen atoms in total. The highest BCUT2D eigenvalue weighted by Crippen LogP contribution is 2.43. The van der Waals surface area contributed by atoms with Gasteiger partial charge in [-0.15, -0.1) is 0 Å². The Bertz CT molecular complexity index is 1110. The van der Waals surface area contributed by atoms with E-state index in [0.29, 0.717) is 12.8 Å². The number of rotatable bonds is 47. The van der Waals surface area contributed by atoms with E-state index >= 15 is 0 Å². The minimum atomic E-state index is -4.62. The predicted molar refractivity (Wildman–Crippen MR) is 251 cm³/mol. The van der Waals surface area contributed by atoms with Crippen LogP contribution in [0.1, 0.15) is 232 Å². The first-order chi connectivity index (χ1) is 29.7. The van der Waals surface area contributed by atoms with Gasteiger partial charge in [0.2, 0.25) is 0 Å². The van der Waals surface area contributed by atoms with E-state index in [2.05, 4.69) is 50.3 Å². The van der Waals surface area contributed by atoms with E-state index in [-0.39, 0.29) is 19.4 Å². The molecule has 0 aromatic rings. The summed E-state index contributed by atoms with van der Waals surface area (Å²) in [5.41, 5.74) is 0. The highest BCUT2D eigenvalue weighted by molar-refractivity contribution is 7.47.